The topological polar surface area (TPSA) is 90.3 Å². The second-order valence-electron chi connectivity index (χ2n) is 3.82. The van der Waals surface area contributed by atoms with Crippen molar-refractivity contribution in [3.63, 3.8) is 0 Å². The summed E-state index contributed by atoms with van der Waals surface area (Å²) in [6, 6.07) is -0.345. The summed E-state index contributed by atoms with van der Waals surface area (Å²) in [5, 5.41) is 8.84. The van der Waals surface area contributed by atoms with Gasteiger partial charge in [-0.15, -0.1) is 0 Å². The molecule has 2 heterocycles. The molecule has 0 unspecified atom stereocenters. The van der Waals surface area contributed by atoms with Gasteiger partial charge in [-0.2, -0.15) is 0 Å². The number of aliphatic hydroxyl groups excluding tert-OH is 1. The van der Waals surface area contributed by atoms with E-state index in [1.165, 1.54) is 16.0 Å². The molecule has 0 saturated carbocycles. The number of carbonyl (C=O) groups is 1. The SMILES string of the molecule is CS(=O)(=O)C1=CN(CCO)C(=O)N2CCN=C12. The van der Waals surface area contributed by atoms with Crippen molar-refractivity contribution >= 4 is 21.7 Å². The van der Waals surface area contributed by atoms with Crippen LogP contribution in [0.3, 0.4) is 0 Å². The average Bonchev–Trinajstić information content (AvgIpc) is 2.69. The molecule has 0 bridgehead atoms. The van der Waals surface area contributed by atoms with Crippen molar-refractivity contribution in [1.82, 2.24) is 9.80 Å². The van der Waals surface area contributed by atoms with Gasteiger partial charge < -0.3 is 5.11 Å². The van der Waals surface area contributed by atoms with Crippen LogP contribution in [0.25, 0.3) is 0 Å². The van der Waals surface area contributed by atoms with Crippen LogP contribution in [-0.2, 0) is 9.84 Å². The summed E-state index contributed by atoms with van der Waals surface area (Å²) in [4.78, 5) is 18.5. The fourth-order valence-corrected chi connectivity index (χ4v) is 2.61. The van der Waals surface area contributed by atoms with E-state index in [0.29, 0.717) is 13.1 Å². The van der Waals surface area contributed by atoms with Gasteiger partial charge in [-0.05, 0) is 0 Å². The fourth-order valence-electron chi connectivity index (χ4n) is 1.78. The van der Waals surface area contributed by atoms with Crippen molar-refractivity contribution in [1.29, 1.82) is 0 Å². The van der Waals surface area contributed by atoms with E-state index in [4.69, 9.17) is 5.11 Å². The molecule has 0 atom stereocenters. The highest BCUT2D eigenvalue weighted by molar-refractivity contribution is 7.95. The van der Waals surface area contributed by atoms with Gasteiger partial charge in [0.05, 0.1) is 19.7 Å². The number of fused-ring (bicyclic) bond motifs is 1. The van der Waals surface area contributed by atoms with E-state index in [0.717, 1.165) is 6.26 Å². The highest BCUT2D eigenvalue weighted by Crippen LogP contribution is 2.22. The van der Waals surface area contributed by atoms with Crippen LogP contribution in [0.1, 0.15) is 0 Å². The van der Waals surface area contributed by atoms with Crippen molar-refractivity contribution in [3.05, 3.63) is 11.1 Å². The van der Waals surface area contributed by atoms with E-state index >= 15 is 0 Å². The van der Waals surface area contributed by atoms with Gasteiger partial charge in [0.15, 0.2) is 15.7 Å². The zero-order chi connectivity index (χ0) is 12.6. The molecule has 0 aromatic rings. The molecule has 2 rings (SSSR count). The number of rotatable bonds is 3. The first-order valence-corrected chi connectivity index (χ1v) is 7.00. The third kappa shape index (κ3) is 2.05. The van der Waals surface area contributed by atoms with Crippen molar-refractivity contribution in [2.75, 3.05) is 32.5 Å². The highest BCUT2D eigenvalue weighted by Gasteiger charge is 2.37. The van der Waals surface area contributed by atoms with Crippen LogP contribution in [0.5, 0.6) is 0 Å². The molecule has 0 aromatic heterocycles. The molecule has 0 aliphatic carbocycles. The molecule has 94 valence electrons. The van der Waals surface area contributed by atoms with E-state index in [1.54, 1.807) is 0 Å². The largest absolute Gasteiger partial charge is 0.395 e. The standard InChI is InChI=1S/C9H13N3O4S/c1-17(15,16)7-6-11(4-5-13)9(14)12-3-2-10-8(7)12/h6,13H,2-5H2,1H3. The molecule has 0 fully saturated rings. The number of β-amino-alcohol motifs (C(OH)–C–C–N with tert-alkyl or cyclic N) is 1. The Morgan fingerprint density at radius 2 is 2.24 bits per heavy atom. The molecule has 0 spiro atoms. The Labute approximate surface area is 99.0 Å². The third-order valence-corrected chi connectivity index (χ3v) is 3.64. The van der Waals surface area contributed by atoms with Gasteiger partial charge in [-0.1, -0.05) is 0 Å². The summed E-state index contributed by atoms with van der Waals surface area (Å²) >= 11 is 0. The Balaban J connectivity index is 2.47. The van der Waals surface area contributed by atoms with E-state index < -0.39 is 9.84 Å². The van der Waals surface area contributed by atoms with Gasteiger partial charge in [-0.25, -0.2) is 13.2 Å². The summed E-state index contributed by atoms with van der Waals surface area (Å²) in [5.41, 5.74) is 0. The molecular formula is C9H13N3O4S. The predicted octanol–water partition coefficient (Wildman–Crippen LogP) is -0.986. The first-order valence-electron chi connectivity index (χ1n) is 5.11. The Hall–Kier alpha value is -1.41. The van der Waals surface area contributed by atoms with E-state index in [1.807, 2.05) is 0 Å². The molecule has 17 heavy (non-hydrogen) atoms. The second kappa shape index (κ2) is 4.11. The maximum Gasteiger partial charge on any atom is 0.329 e. The highest BCUT2D eigenvalue weighted by atomic mass is 32.2. The third-order valence-electron chi connectivity index (χ3n) is 2.55. The van der Waals surface area contributed by atoms with E-state index in [-0.39, 0.29) is 29.9 Å². The minimum atomic E-state index is -3.44. The lowest BCUT2D eigenvalue weighted by Crippen LogP contribution is -2.49. The minimum absolute atomic E-state index is 0.0306. The number of nitrogens with zero attached hydrogens (tertiary/aromatic N) is 3. The minimum Gasteiger partial charge on any atom is -0.395 e. The van der Waals surface area contributed by atoms with Gasteiger partial charge in [0.2, 0.25) is 0 Å². The van der Waals surface area contributed by atoms with E-state index in [9.17, 15) is 13.2 Å². The van der Waals surface area contributed by atoms with Gasteiger partial charge in [0, 0.05) is 19.0 Å². The molecule has 0 saturated heterocycles. The lowest BCUT2D eigenvalue weighted by atomic mass is 10.4. The molecule has 8 heteroatoms. The number of aliphatic hydroxyl groups is 1. The number of urea groups is 1. The quantitative estimate of drug-likeness (QED) is 0.705. The molecule has 0 aromatic carbocycles. The number of hydrogen-bond acceptors (Lipinski definition) is 5. The van der Waals surface area contributed by atoms with Crippen LogP contribution in [0, 0.1) is 0 Å². The van der Waals surface area contributed by atoms with Crippen LogP contribution in [0.15, 0.2) is 16.1 Å². The number of amidine groups is 1. The van der Waals surface area contributed by atoms with Gasteiger partial charge in [0.1, 0.15) is 4.91 Å². The van der Waals surface area contributed by atoms with Gasteiger partial charge >= 0.3 is 6.03 Å². The summed E-state index contributed by atoms with van der Waals surface area (Å²) in [6.07, 6.45) is 2.32. The summed E-state index contributed by atoms with van der Waals surface area (Å²) < 4.78 is 23.2. The average molecular weight is 259 g/mol. The maximum absolute atomic E-state index is 11.9. The zero-order valence-electron chi connectivity index (χ0n) is 9.33. The first kappa shape index (κ1) is 12.1. The van der Waals surface area contributed by atoms with Crippen LogP contribution >= 0.6 is 0 Å². The van der Waals surface area contributed by atoms with Gasteiger partial charge in [0.25, 0.3) is 0 Å². The maximum atomic E-state index is 11.9. The van der Waals surface area contributed by atoms with Gasteiger partial charge in [-0.3, -0.25) is 14.8 Å². The Morgan fingerprint density at radius 1 is 1.53 bits per heavy atom. The Bertz CT molecular complexity index is 508. The molecular weight excluding hydrogens is 246 g/mol. The van der Waals surface area contributed by atoms with Crippen molar-refractivity contribution in [2.45, 2.75) is 0 Å². The number of carbonyl (C=O) groups excluding carboxylic acids is 1. The second-order valence-corrected chi connectivity index (χ2v) is 5.81. The van der Waals surface area contributed by atoms with Crippen LogP contribution < -0.4 is 0 Å². The molecule has 7 nitrogen and oxygen atoms in total. The van der Waals surface area contributed by atoms with Crippen molar-refractivity contribution < 1.29 is 18.3 Å². The number of hydrogen-bond donors (Lipinski definition) is 1. The first-order chi connectivity index (χ1) is 7.95. The Morgan fingerprint density at radius 3 is 2.82 bits per heavy atom. The Kier molecular flexibility index (Phi) is 2.92. The van der Waals surface area contributed by atoms with E-state index in [2.05, 4.69) is 4.99 Å². The zero-order valence-corrected chi connectivity index (χ0v) is 10.1. The van der Waals surface area contributed by atoms with Crippen molar-refractivity contribution in [2.24, 2.45) is 4.99 Å². The number of sulfone groups is 1. The normalized spacial score (nSPS) is 20.2. The molecule has 2 amide bonds. The monoisotopic (exact) mass is 259 g/mol. The molecule has 1 N–H and O–H groups in total. The lowest BCUT2D eigenvalue weighted by Gasteiger charge is -2.31. The molecule has 2 aliphatic rings. The smallest absolute Gasteiger partial charge is 0.329 e. The fraction of sp³-hybridized carbons (Fsp3) is 0.556. The summed E-state index contributed by atoms with van der Waals surface area (Å²) in [6.45, 7) is 0.630. The lowest BCUT2D eigenvalue weighted by molar-refractivity contribution is 0.179. The van der Waals surface area contributed by atoms with Crippen LogP contribution in [0.4, 0.5) is 4.79 Å². The summed E-state index contributed by atoms with van der Waals surface area (Å²) in [7, 11) is -3.44. The number of aliphatic imine (C=N–C) groups is 1. The van der Waals surface area contributed by atoms with Crippen molar-refractivity contribution in [3.8, 4) is 0 Å². The van der Waals surface area contributed by atoms with Crippen LogP contribution in [0.2, 0.25) is 0 Å². The molecule has 0 radical (unpaired) electrons. The van der Waals surface area contributed by atoms with Crippen LogP contribution in [-0.4, -0.2) is 67.7 Å². The molecule has 2 aliphatic heterocycles. The summed E-state index contributed by atoms with van der Waals surface area (Å²) in [5.74, 6) is 0.215. The number of amides is 2. The predicted molar refractivity (Wildman–Crippen MR) is 61.1 cm³/mol.